The van der Waals surface area contributed by atoms with Crippen molar-refractivity contribution in [2.45, 2.75) is 27.7 Å². The summed E-state index contributed by atoms with van der Waals surface area (Å²) in [5.41, 5.74) is 1.94. The van der Waals surface area contributed by atoms with Crippen LogP contribution in [0, 0.1) is 27.7 Å². The minimum Gasteiger partial charge on any atom is -0.449 e. The number of rotatable bonds is 3. The van der Waals surface area contributed by atoms with Gasteiger partial charge in [-0.3, -0.25) is 9.11 Å². The predicted molar refractivity (Wildman–Crippen MR) is 84.8 cm³/mol. The van der Waals surface area contributed by atoms with Crippen molar-refractivity contribution in [2.75, 3.05) is 11.5 Å². The van der Waals surface area contributed by atoms with Gasteiger partial charge in [0.25, 0.3) is 20.2 Å². The van der Waals surface area contributed by atoms with Gasteiger partial charge in [0, 0.05) is 0 Å². The van der Waals surface area contributed by atoms with Gasteiger partial charge in [-0.1, -0.05) is 0 Å². The molecule has 2 aromatic heterocycles. The Morgan fingerprint density at radius 1 is 0.792 bits per heavy atom. The molecule has 0 saturated carbocycles. The summed E-state index contributed by atoms with van der Waals surface area (Å²) in [6.45, 7) is 7.61. The van der Waals surface area contributed by atoms with Gasteiger partial charge in [-0.25, -0.2) is 9.97 Å². The molecule has 0 atom stereocenters. The molecule has 0 fully saturated rings. The van der Waals surface area contributed by atoms with E-state index in [2.05, 4.69) is 9.97 Å². The lowest BCUT2D eigenvalue weighted by molar-refractivity contribution is 0.472. The van der Waals surface area contributed by atoms with Gasteiger partial charge in [0.05, 0.1) is 22.9 Å². The molecule has 138 valence electrons. The monoisotopic (exact) mass is 384 g/mol. The van der Waals surface area contributed by atoms with Crippen molar-refractivity contribution in [3.8, 4) is 0 Å². The first-order valence-corrected chi connectivity index (χ1v) is 9.67. The van der Waals surface area contributed by atoms with Crippen LogP contribution in [0.1, 0.15) is 22.9 Å². The molecule has 0 aliphatic carbocycles. The van der Waals surface area contributed by atoms with E-state index in [4.69, 9.17) is 17.9 Å². The molecule has 0 aliphatic heterocycles. The lowest BCUT2D eigenvalue weighted by atomic mass is 10.4. The normalized spacial score (nSPS) is 11.1. The number of hydrogen-bond acceptors (Lipinski definition) is 8. The van der Waals surface area contributed by atoms with Crippen LogP contribution in [0.4, 0.5) is 0 Å². The van der Waals surface area contributed by atoms with Gasteiger partial charge in [-0.05, 0) is 27.7 Å². The fourth-order valence-electron chi connectivity index (χ4n) is 0.932. The summed E-state index contributed by atoms with van der Waals surface area (Å²) in [5.74, 6) is -0.155. The molecule has 0 amide bonds. The first kappa shape index (κ1) is 22.2. The SMILES string of the molecule is Cc1ncoc1C.Cc1ncoc1C.O=S(=O)(O)CCS(=O)(=O)O. The second-order valence-corrected chi connectivity index (χ2v) is 7.70. The molecular formula is C12H20N2O8S2. The first-order valence-electron chi connectivity index (χ1n) is 6.45. The topological polar surface area (TPSA) is 161 Å². The van der Waals surface area contributed by atoms with Crippen LogP contribution >= 0.6 is 0 Å². The molecule has 24 heavy (non-hydrogen) atoms. The fraction of sp³-hybridized carbons (Fsp3) is 0.500. The summed E-state index contributed by atoms with van der Waals surface area (Å²) in [6.07, 6.45) is 2.90. The summed E-state index contributed by atoms with van der Waals surface area (Å²) in [7, 11) is -8.59. The Labute approximate surface area is 140 Å². The average Bonchev–Trinajstić information content (AvgIpc) is 2.97. The first-order chi connectivity index (χ1) is 10.8. The van der Waals surface area contributed by atoms with E-state index in [-0.39, 0.29) is 0 Å². The summed E-state index contributed by atoms with van der Waals surface area (Å²) in [4.78, 5) is 7.70. The molecule has 12 heteroatoms. The molecular weight excluding hydrogens is 364 g/mol. The Bertz CT molecular complexity index is 718. The Balaban J connectivity index is 0.000000337. The van der Waals surface area contributed by atoms with Crippen LogP contribution in [0.5, 0.6) is 0 Å². The molecule has 2 rings (SSSR count). The number of aryl methyl sites for hydroxylation is 4. The van der Waals surface area contributed by atoms with E-state index in [0.717, 1.165) is 22.9 Å². The van der Waals surface area contributed by atoms with Crippen molar-refractivity contribution in [1.82, 2.24) is 9.97 Å². The van der Waals surface area contributed by atoms with E-state index in [1.165, 1.54) is 12.8 Å². The highest BCUT2D eigenvalue weighted by atomic mass is 32.2. The van der Waals surface area contributed by atoms with Gasteiger partial charge in [-0.2, -0.15) is 16.8 Å². The lowest BCUT2D eigenvalue weighted by Crippen LogP contribution is -2.15. The van der Waals surface area contributed by atoms with Crippen LogP contribution in [-0.2, 0) is 20.2 Å². The molecule has 0 bridgehead atoms. The second-order valence-electron chi connectivity index (χ2n) is 4.56. The highest BCUT2D eigenvalue weighted by Gasteiger charge is 2.11. The van der Waals surface area contributed by atoms with Crippen molar-refractivity contribution < 1.29 is 34.8 Å². The Morgan fingerprint density at radius 3 is 1.17 bits per heavy atom. The molecule has 0 radical (unpaired) electrons. The fourth-order valence-corrected chi connectivity index (χ4v) is 2.62. The van der Waals surface area contributed by atoms with Crippen LogP contribution in [0.25, 0.3) is 0 Å². The van der Waals surface area contributed by atoms with E-state index >= 15 is 0 Å². The van der Waals surface area contributed by atoms with E-state index < -0.39 is 31.7 Å². The molecule has 0 aromatic carbocycles. The van der Waals surface area contributed by atoms with E-state index in [9.17, 15) is 16.8 Å². The van der Waals surface area contributed by atoms with Crippen LogP contribution in [0.2, 0.25) is 0 Å². The summed E-state index contributed by atoms with van der Waals surface area (Å²) >= 11 is 0. The number of hydrogen-bond donors (Lipinski definition) is 2. The smallest absolute Gasteiger partial charge is 0.265 e. The van der Waals surface area contributed by atoms with Crippen molar-refractivity contribution >= 4 is 20.2 Å². The number of aromatic nitrogens is 2. The minimum absolute atomic E-state index is 0.903. The van der Waals surface area contributed by atoms with Crippen molar-refractivity contribution in [2.24, 2.45) is 0 Å². The van der Waals surface area contributed by atoms with Crippen LogP contribution in [0.15, 0.2) is 21.6 Å². The molecule has 0 saturated heterocycles. The maximum absolute atomic E-state index is 9.86. The maximum Gasteiger partial charge on any atom is 0.265 e. The van der Waals surface area contributed by atoms with Crippen LogP contribution in [-0.4, -0.2) is 47.4 Å². The van der Waals surface area contributed by atoms with E-state index in [1.807, 2.05) is 27.7 Å². The summed E-state index contributed by atoms with van der Waals surface area (Å²) < 4.78 is 65.1. The Kier molecular flexibility index (Phi) is 8.82. The third-order valence-electron chi connectivity index (χ3n) is 2.57. The largest absolute Gasteiger partial charge is 0.449 e. The molecule has 0 spiro atoms. The van der Waals surface area contributed by atoms with Crippen LogP contribution < -0.4 is 0 Å². The van der Waals surface area contributed by atoms with Gasteiger partial charge in [0.15, 0.2) is 12.8 Å². The highest BCUT2D eigenvalue weighted by Crippen LogP contribution is 2.00. The molecule has 2 aromatic rings. The third kappa shape index (κ3) is 11.8. The molecule has 2 heterocycles. The highest BCUT2D eigenvalue weighted by molar-refractivity contribution is 7.89. The minimum atomic E-state index is -4.30. The van der Waals surface area contributed by atoms with Gasteiger partial charge < -0.3 is 8.83 Å². The van der Waals surface area contributed by atoms with Crippen molar-refractivity contribution in [3.05, 3.63) is 35.7 Å². The number of nitrogens with zero attached hydrogens (tertiary/aromatic N) is 2. The molecule has 0 aliphatic rings. The van der Waals surface area contributed by atoms with E-state index in [1.54, 1.807) is 0 Å². The quantitative estimate of drug-likeness (QED) is 0.739. The second kappa shape index (κ2) is 9.52. The Hall–Kier alpha value is -1.76. The standard InChI is InChI=1S/2C5H7NO.C2H6O6S2/c2*1-4-5(2)7-3-6-4;3-9(4,5)1-2-10(6,7)8/h2*3H,1-2H3;1-2H2,(H,3,4,5)(H,6,7,8). The molecule has 10 nitrogen and oxygen atoms in total. The van der Waals surface area contributed by atoms with Gasteiger partial charge >= 0.3 is 0 Å². The number of oxazole rings is 2. The zero-order valence-corrected chi connectivity index (χ0v) is 15.3. The third-order valence-corrected chi connectivity index (χ3v) is 4.27. The summed E-state index contributed by atoms with van der Waals surface area (Å²) in [5, 5.41) is 0. The molecule has 0 unspecified atom stereocenters. The van der Waals surface area contributed by atoms with Gasteiger partial charge in [0.2, 0.25) is 0 Å². The average molecular weight is 384 g/mol. The summed E-state index contributed by atoms with van der Waals surface area (Å²) in [6, 6.07) is 0. The van der Waals surface area contributed by atoms with Gasteiger partial charge in [0.1, 0.15) is 11.5 Å². The lowest BCUT2D eigenvalue weighted by Gasteiger charge is -1.92. The maximum atomic E-state index is 9.86. The van der Waals surface area contributed by atoms with Crippen molar-refractivity contribution in [3.63, 3.8) is 0 Å². The zero-order chi connectivity index (χ0) is 19.0. The van der Waals surface area contributed by atoms with E-state index in [0.29, 0.717) is 0 Å². The molecule has 2 N–H and O–H groups in total. The zero-order valence-electron chi connectivity index (χ0n) is 13.6. The Morgan fingerprint density at radius 2 is 1.08 bits per heavy atom. The van der Waals surface area contributed by atoms with Gasteiger partial charge in [-0.15, -0.1) is 0 Å². The predicted octanol–water partition coefficient (Wildman–Crippen LogP) is 1.34. The van der Waals surface area contributed by atoms with Crippen molar-refractivity contribution in [1.29, 1.82) is 0 Å². The van der Waals surface area contributed by atoms with Crippen LogP contribution in [0.3, 0.4) is 0 Å².